The van der Waals surface area contributed by atoms with Gasteiger partial charge >= 0.3 is 5.69 Å². The van der Waals surface area contributed by atoms with Crippen molar-refractivity contribution < 1.29 is 0 Å². The van der Waals surface area contributed by atoms with E-state index in [1.165, 1.54) is 11.1 Å². The molecule has 0 aliphatic rings. The van der Waals surface area contributed by atoms with Gasteiger partial charge in [-0.3, -0.25) is 4.57 Å². The number of aryl methyl sites for hydroxylation is 2. The first-order valence-corrected chi connectivity index (χ1v) is 7.69. The molecule has 0 saturated heterocycles. The van der Waals surface area contributed by atoms with Crippen LogP contribution in [0, 0.1) is 0 Å². The van der Waals surface area contributed by atoms with Gasteiger partial charge in [-0.15, -0.1) is 0 Å². The summed E-state index contributed by atoms with van der Waals surface area (Å²) >= 11 is 0. The third kappa shape index (κ3) is 3.85. The lowest BCUT2D eigenvalue weighted by Crippen LogP contribution is -2.30. The van der Waals surface area contributed by atoms with Crippen molar-refractivity contribution in [3.05, 3.63) is 58.3 Å². The van der Waals surface area contributed by atoms with Gasteiger partial charge in [-0.2, -0.15) is 0 Å². The Hall–Kier alpha value is -1.81. The highest BCUT2D eigenvalue weighted by Crippen LogP contribution is 2.16. The molecule has 0 fully saturated rings. The van der Waals surface area contributed by atoms with Crippen molar-refractivity contribution in [1.82, 2.24) is 14.5 Å². The van der Waals surface area contributed by atoms with Crippen LogP contribution in [-0.2, 0) is 20.0 Å². The van der Waals surface area contributed by atoms with Crippen molar-refractivity contribution in [2.45, 2.75) is 39.3 Å². The minimum atomic E-state index is 0.0282. The number of hydrogen-bond donors (Lipinski definition) is 1. The van der Waals surface area contributed by atoms with Gasteiger partial charge < -0.3 is 9.88 Å². The van der Waals surface area contributed by atoms with E-state index in [1.807, 2.05) is 6.20 Å². The lowest BCUT2D eigenvalue weighted by molar-refractivity contribution is 0.464. The van der Waals surface area contributed by atoms with Gasteiger partial charge in [0.05, 0.1) is 6.04 Å². The SMILES string of the molecule is CCCc1ccc(C(Cn2ccn(C)c2=O)NCC)cc1. The van der Waals surface area contributed by atoms with Gasteiger partial charge in [0, 0.05) is 26.0 Å². The van der Waals surface area contributed by atoms with E-state index in [0.29, 0.717) is 6.54 Å². The topological polar surface area (TPSA) is 39.0 Å². The Morgan fingerprint density at radius 1 is 1.14 bits per heavy atom. The van der Waals surface area contributed by atoms with Crippen molar-refractivity contribution >= 4 is 0 Å². The van der Waals surface area contributed by atoms with Crippen LogP contribution in [0.1, 0.15) is 37.4 Å². The summed E-state index contributed by atoms with van der Waals surface area (Å²) in [7, 11) is 1.78. The zero-order chi connectivity index (χ0) is 15.2. The summed E-state index contributed by atoms with van der Waals surface area (Å²) in [4.78, 5) is 12.0. The van der Waals surface area contributed by atoms with Crippen LogP contribution in [0.5, 0.6) is 0 Å². The van der Waals surface area contributed by atoms with Crippen molar-refractivity contribution in [3.63, 3.8) is 0 Å². The third-order valence-electron chi connectivity index (χ3n) is 3.77. The highest BCUT2D eigenvalue weighted by atomic mass is 16.1. The lowest BCUT2D eigenvalue weighted by Gasteiger charge is -2.19. The van der Waals surface area contributed by atoms with E-state index in [4.69, 9.17) is 0 Å². The Labute approximate surface area is 126 Å². The average Bonchev–Trinajstić information content (AvgIpc) is 2.80. The van der Waals surface area contributed by atoms with E-state index in [9.17, 15) is 4.79 Å². The molecule has 4 nitrogen and oxygen atoms in total. The summed E-state index contributed by atoms with van der Waals surface area (Å²) in [6, 6.07) is 8.89. The largest absolute Gasteiger partial charge is 0.327 e. The van der Waals surface area contributed by atoms with E-state index in [1.54, 1.807) is 22.4 Å². The Morgan fingerprint density at radius 3 is 2.38 bits per heavy atom. The molecule has 4 heteroatoms. The number of aromatic nitrogens is 2. The fourth-order valence-corrected chi connectivity index (χ4v) is 2.59. The number of imidazole rings is 1. The second-order valence-electron chi connectivity index (χ2n) is 5.45. The molecule has 1 atom stereocenters. The number of nitrogens with zero attached hydrogens (tertiary/aromatic N) is 2. The molecule has 1 N–H and O–H groups in total. The molecule has 0 spiro atoms. The molecule has 21 heavy (non-hydrogen) atoms. The molecule has 0 aliphatic heterocycles. The minimum Gasteiger partial charge on any atom is -0.309 e. The van der Waals surface area contributed by atoms with Gasteiger partial charge in [0.25, 0.3) is 0 Å². The van der Waals surface area contributed by atoms with Crippen molar-refractivity contribution in [2.75, 3.05) is 6.54 Å². The van der Waals surface area contributed by atoms with Crippen LogP contribution < -0.4 is 11.0 Å². The molecule has 2 rings (SSSR count). The molecule has 0 radical (unpaired) electrons. The first kappa shape index (κ1) is 15.6. The maximum absolute atomic E-state index is 12.0. The second-order valence-corrected chi connectivity index (χ2v) is 5.45. The first-order chi connectivity index (χ1) is 10.2. The molecule has 0 bridgehead atoms. The Bertz CT molecular complexity index is 610. The molecule has 0 aliphatic carbocycles. The highest BCUT2D eigenvalue weighted by molar-refractivity contribution is 5.25. The summed E-state index contributed by atoms with van der Waals surface area (Å²) in [5.74, 6) is 0. The molecule has 114 valence electrons. The average molecular weight is 287 g/mol. The number of benzene rings is 1. The smallest absolute Gasteiger partial charge is 0.309 e. The normalized spacial score (nSPS) is 12.5. The summed E-state index contributed by atoms with van der Waals surface area (Å²) < 4.78 is 3.36. The Balaban J connectivity index is 2.18. The second kappa shape index (κ2) is 7.27. The van der Waals surface area contributed by atoms with E-state index in [-0.39, 0.29) is 11.7 Å². The fraction of sp³-hybridized carbons (Fsp3) is 0.471. The van der Waals surface area contributed by atoms with E-state index in [0.717, 1.165) is 19.4 Å². The summed E-state index contributed by atoms with van der Waals surface area (Å²) in [5, 5.41) is 3.47. The van der Waals surface area contributed by atoms with Gasteiger partial charge in [-0.1, -0.05) is 44.5 Å². The van der Waals surface area contributed by atoms with Gasteiger partial charge in [-0.05, 0) is 24.1 Å². The predicted molar refractivity (Wildman–Crippen MR) is 86.5 cm³/mol. The maximum Gasteiger partial charge on any atom is 0.327 e. The van der Waals surface area contributed by atoms with E-state index < -0.39 is 0 Å². The number of nitrogens with one attached hydrogen (secondary N) is 1. The Kier molecular flexibility index (Phi) is 5.39. The van der Waals surface area contributed by atoms with Crippen molar-refractivity contribution in [1.29, 1.82) is 0 Å². The van der Waals surface area contributed by atoms with E-state index >= 15 is 0 Å². The summed E-state index contributed by atoms with van der Waals surface area (Å²) in [5.41, 5.74) is 2.63. The molecule has 1 aromatic carbocycles. The van der Waals surface area contributed by atoms with Gasteiger partial charge in [0.1, 0.15) is 0 Å². The maximum atomic E-state index is 12.0. The van der Waals surface area contributed by atoms with E-state index in [2.05, 4.69) is 43.4 Å². The molecular formula is C17H25N3O. The van der Waals surface area contributed by atoms with Crippen LogP contribution in [0.15, 0.2) is 41.5 Å². The zero-order valence-corrected chi connectivity index (χ0v) is 13.2. The molecule has 0 amide bonds. The van der Waals surface area contributed by atoms with Crippen LogP contribution in [0.3, 0.4) is 0 Å². The number of hydrogen-bond acceptors (Lipinski definition) is 2. The Morgan fingerprint density at radius 2 is 1.86 bits per heavy atom. The first-order valence-electron chi connectivity index (χ1n) is 7.69. The monoisotopic (exact) mass is 287 g/mol. The van der Waals surface area contributed by atoms with Crippen LogP contribution in [-0.4, -0.2) is 15.7 Å². The highest BCUT2D eigenvalue weighted by Gasteiger charge is 2.12. The molecule has 2 aromatic rings. The summed E-state index contributed by atoms with van der Waals surface area (Å²) in [6.07, 6.45) is 5.92. The summed E-state index contributed by atoms with van der Waals surface area (Å²) in [6.45, 7) is 5.81. The van der Waals surface area contributed by atoms with Crippen molar-refractivity contribution in [3.8, 4) is 0 Å². The quantitative estimate of drug-likeness (QED) is 0.850. The standard InChI is InChI=1S/C17H25N3O/c1-4-6-14-7-9-15(10-8-14)16(18-5-2)13-20-12-11-19(3)17(20)21/h7-12,16,18H,4-6,13H2,1-3H3. The molecule has 1 heterocycles. The molecule has 1 aromatic heterocycles. The van der Waals surface area contributed by atoms with Crippen LogP contribution in [0.2, 0.25) is 0 Å². The third-order valence-corrected chi connectivity index (χ3v) is 3.77. The molecule has 0 saturated carbocycles. The van der Waals surface area contributed by atoms with Gasteiger partial charge in [0.15, 0.2) is 0 Å². The molecular weight excluding hydrogens is 262 g/mol. The lowest BCUT2D eigenvalue weighted by atomic mass is 10.0. The number of rotatable bonds is 7. The van der Waals surface area contributed by atoms with Gasteiger partial charge in [0.2, 0.25) is 0 Å². The van der Waals surface area contributed by atoms with Crippen LogP contribution in [0.25, 0.3) is 0 Å². The molecule has 1 unspecified atom stereocenters. The fourth-order valence-electron chi connectivity index (χ4n) is 2.59. The van der Waals surface area contributed by atoms with Crippen molar-refractivity contribution in [2.24, 2.45) is 7.05 Å². The van der Waals surface area contributed by atoms with Crippen LogP contribution in [0.4, 0.5) is 0 Å². The zero-order valence-electron chi connectivity index (χ0n) is 13.2. The minimum absolute atomic E-state index is 0.0282. The van der Waals surface area contributed by atoms with Crippen LogP contribution >= 0.6 is 0 Å². The number of likely N-dealkylation sites (N-methyl/N-ethyl adjacent to an activating group) is 1. The predicted octanol–water partition coefficient (Wildman–Crippen LogP) is 2.49. The van der Waals surface area contributed by atoms with Gasteiger partial charge in [-0.25, -0.2) is 4.79 Å².